The normalized spacial score (nSPS) is 40.6. The molecule has 0 atom stereocenters. The van der Waals surface area contributed by atoms with E-state index in [1.165, 1.54) is 44.6 Å². The summed E-state index contributed by atoms with van der Waals surface area (Å²) in [6, 6.07) is 0. The molecule has 15 heavy (non-hydrogen) atoms. The van der Waals surface area contributed by atoms with Crippen LogP contribution in [0.3, 0.4) is 0 Å². The first kappa shape index (κ1) is 10.7. The summed E-state index contributed by atoms with van der Waals surface area (Å²) in [6.07, 6.45) is 11.1. The maximum atomic E-state index is 10.4. The van der Waals surface area contributed by atoms with Crippen molar-refractivity contribution in [3.8, 4) is 0 Å². The van der Waals surface area contributed by atoms with Crippen LogP contribution in [0.1, 0.15) is 45.4 Å². The molecule has 2 saturated carbocycles. The largest absolute Gasteiger partial charge is 0.478 e. The molecule has 1 spiro atoms. The Morgan fingerprint density at radius 2 is 1.93 bits per heavy atom. The Morgan fingerprint density at radius 1 is 1.33 bits per heavy atom. The molecule has 0 radical (unpaired) electrons. The first-order chi connectivity index (χ1) is 7.10. The fraction of sp³-hybridized carbons (Fsp3) is 0.769. The summed E-state index contributed by atoms with van der Waals surface area (Å²) in [5, 5.41) is 8.53. The Hall–Kier alpha value is -0.790. The van der Waals surface area contributed by atoms with E-state index < -0.39 is 5.97 Å². The third kappa shape index (κ3) is 2.42. The highest BCUT2D eigenvalue weighted by Crippen LogP contribution is 2.55. The van der Waals surface area contributed by atoms with E-state index in [0.29, 0.717) is 11.3 Å². The van der Waals surface area contributed by atoms with Crippen molar-refractivity contribution in [2.24, 2.45) is 17.3 Å². The van der Waals surface area contributed by atoms with Gasteiger partial charge in [-0.05, 0) is 42.9 Å². The smallest absolute Gasteiger partial charge is 0.327 e. The minimum atomic E-state index is -0.812. The van der Waals surface area contributed by atoms with Gasteiger partial charge in [-0.25, -0.2) is 4.79 Å². The van der Waals surface area contributed by atoms with Gasteiger partial charge in [-0.3, -0.25) is 0 Å². The first-order valence-corrected chi connectivity index (χ1v) is 6.01. The predicted octanol–water partition coefficient (Wildman–Crippen LogP) is 3.23. The molecular formula is C13H20O2. The molecule has 0 saturated heterocycles. The Balaban J connectivity index is 1.79. The van der Waals surface area contributed by atoms with E-state index in [9.17, 15) is 4.79 Å². The fourth-order valence-electron chi connectivity index (χ4n) is 3.19. The van der Waals surface area contributed by atoms with E-state index in [0.717, 1.165) is 5.92 Å². The monoisotopic (exact) mass is 208 g/mol. The molecule has 0 bridgehead atoms. The maximum Gasteiger partial charge on any atom is 0.327 e. The lowest BCUT2D eigenvalue weighted by molar-refractivity contribution is -0.131. The summed E-state index contributed by atoms with van der Waals surface area (Å²) in [5.41, 5.74) is 0.597. The number of hydrogen-bond donors (Lipinski definition) is 1. The van der Waals surface area contributed by atoms with Crippen LogP contribution in [0.25, 0.3) is 0 Å². The first-order valence-electron chi connectivity index (χ1n) is 6.01. The van der Waals surface area contributed by atoms with E-state index in [4.69, 9.17) is 5.11 Å². The number of hydrogen-bond acceptors (Lipinski definition) is 1. The summed E-state index contributed by atoms with van der Waals surface area (Å²) >= 11 is 0. The van der Waals surface area contributed by atoms with Gasteiger partial charge in [0, 0.05) is 6.08 Å². The van der Waals surface area contributed by atoms with Gasteiger partial charge in [-0.2, -0.15) is 0 Å². The second-order valence-corrected chi connectivity index (χ2v) is 5.55. The SMILES string of the molecule is CC1CCC2(CC1)CC(/C=C/C(=O)O)C2. The molecule has 0 aliphatic heterocycles. The van der Waals surface area contributed by atoms with Gasteiger partial charge in [0.25, 0.3) is 0 Å². The zero-order chi connectivity index (χ0) is 10.9. The molecule has 84 valence electrons. The highest BCUT2D eigenvalue weighted by atomic mass is 16.4. The lowest BCUT2D eigenvalue weighted by Gasteiger charge is -2.50. The molecule has 0 heterocycles. The van der Waals surface area contributed by atoms with Crippen LogP contribution in [-0.2, 0) is 4.79 Å². The Labute approximate surface area is 91.4 Å². The molecule has 2 aliphatic carbocycles. The number of carboxylic acid groups (broad SMARTS) is 1. The third-order valence-electron chi connectivity index (χ3n) is 4.24. The summed E-state index contributed by atoms with van der Waals surface area (Å²) in [7, 11) is 0. The van der Waals surface area contributed by atoms with Gasteiger partial charge in [-0.15, -0.1) is 0 Å². The molecule has 0 amide bonds. The molecule has 2 aliphatic rings. The summed E-state index contributed by atoms with van der Waals surface area (Å²) in [5.74, 6) is 0.631. The highest BCUT2D eigenvalue weighted by Gasteiger charge is 2.44. The van der Waals surface area contributed by atoms with E-state index >= 15 is 0 Å². The zero-order valence-electron chi connectivity index (χ0n) is 9.41. The van der Waals surface area contributed by atoms with Gasteiger partial charge in [0.15, 0.2) is 0 Å². The fourth-order valence-corrected chi connectivity index (χ4v) is 3.19. The highest BCUT2D eigenvalue weighted by molar-refractivity contribution is 5.79. The van der Waals surface area contributed by atoms with E-state index in [1.54, 1.807) is 0 Å². The standard InChI is InChI=1S/C13H20O2/c1-10-4-6-13(7-5-10)8-11(9-13)2-3-12(14)15/h2-3,10-11H,4-9H2,1H3,(H,14,15)/b3-2+. The van der Waals surface area contributed by atoms with Crippen LogP contribution in [0.2, 0.25) is 0 Å². The average Bonchev–Trinajstić information content (AvgIpc) is 2.14. The summed E-state index contributed by atoms with van der Waals surface area (Å²) in [6.45, 7) is 2.34. The summed E-state index contributed by atoms with van der Waals surface area (Å²) in [4.78, 5) is 10.4. The van der Waals surface area contributed by atoms with Gasteiger partial charge in [0.05, 0.1) is 0 Å². The molecule has 2 nitrogen and oxygen atoms in total. The van der Waals surface area contributed by atoms with Gasteiger partial charge in [-0.1, -0.05) is 25.8 Å². The van der Waals surface area contributed by atoms with E-state index in [1.807, 2.05) is 6.08 Å². The molecule has 0 aromatic rings. The van der Waals surface area contributed by atoms with Gasteiger partial charge in [0.2, 0.25) is 0 Å². The predicted molar refractivity (Wildman–Crippen MR) is 59.6 cm³/mol. The third-order valence-corrected chi connectivity index (χ3v) is 4.24. The van der Waals surface area contributed by atoms with Crippen LogP contribution in [-0.4, -0.2) is 11.1 Å². The Morgan fingerprint density at radius 3 is 2.47 bits per heavy atom. The second kappa shape index (κ2) is 3.99. The molecule has 1 N–H and O–H groups in total. The van der Waals surface area contributed by atoms with Crippen molar-refractivity contribution in [1.82, 2.24) is 0 Å². The van der Waals surface area contributed by atoms with E-state index in [-0.39, 0.29) is 0 Å². The van der Waals surface area contributed by atoms with Crippen LogP contribution in [0.5, 0.6) is 0 Å². The number of aliphatic carboxylic acids is 1. The van der Waals surface area contributed by atoms with Crippen molar-refractivity contribution in [2.75, 3.05) is 0 Å². The molecular weight excluding hydrogens is 188 g/mol. The lowest BCUT2D eigenvalue weighted by Crippen LogP contribution is -2.39. The van der Waals surface area contributed by atoms with Crippen molar-refractivity contribution in [2.45, 2.75) is 45.4 Å². The van der Waals surface area contributed by atoms with Crippen LogP contribution < -0.4 is 0 Å². The number of carboxylic acids is 1. The maximum absolute atomic E-state index is 10.4. The molecule has 2 heteroatoms. The average molecular weight is 208 g/mol. The minimum absolute atomic E-state index is 0.537. The molecule has 0 aromatic carbocycles. The van der Waals surface area contributed by atoms with Gasteiger partial charge >= 0.3 is 5.97 Å². The Bertz CT molecular complexity index is 264. The molecule has 2 fully saturated rings. The second-order valence-electron chi connectivity index (χ2n) is 5.55. The number of allylic oxidation sites excluding steroid dienone is 1. The molecule has 0 unspecified atom stereocenters. The van der Waals surface area contributed by atoms with Crippen LogP contribution in [0.15, 0.2) is 12.2 Å². The number of carbonyl (C=O) groups is 1. The van der Waals surface area contributed by atoms with Crippen molar-refractivity contribution in [3.05, 3.63) is 12.2 Å². The zero-order valence-corrected chi connectivity index (χ0v) is 9.41. The number of rotatable bonds is 2. The topological polar surface area (TPSA) is 37.3 Å². The molecule has 0 aromatic heterocycles. The Kier molecular flexibility index (Phi) is 2.85. The summed E-state index contributed by atoms with van der Waals surface area (Å²) < 4.78 is 0. The van der Waals surface area contributed by atoms with Crippen molar-refractivity contribution < 1.29 is 9.90 Å². The van der Waals surface area contributed by atoms with Crippen molar-refractivity contribution >= 4 is 5.97 Å². The van der Waals surface area contributed by atoms with Crippen LogP contribution in [0, 0.1) is 17.3 Å². The van der Waals surface area contributed by atoms with Crippen molar-refractivity contribution in [3.63, 3.8) is 0 Å². The quantitative estimate of drug-likeness (QED) is 0.707. The van der Waals surface area contributed by atoms with Crippen molar-refractivity contribution in [1.29, 1.82) is 0 Å². The van der Waals surface area contributed by atoms with Crippen LogP contribution >= 0.6 is 0 Å². The minimum Gasteiger partial charge on any atom is -0.478 e. The van der Waals surface area contributed by atoms with Gasteiger partial charge in [0.1, 0.15) is 0 Å². The van der Waals surface area contributed by atoms with E-state index in [2.05, 4.69) is 6.92 Å². The molecule has 2 rings (SSSR count). The van der Waals surface area contributed by atoms with Gasteiger partial charge < -0.3 is 5.11 Å². The lowest BCUT2D eigenvalue weighted by atomic mass is 9.55. The van der Waals surface area contributed by atoms with Crippen LogP contribution in [0.4, 0.5) is 0 Å².